The zero-order valence-electron chi connectivity index (χ0n) is 17.4. The van der Waals surface area contributed by atoms with E-state index in [2.05, 4.69) is 40.8 Å². The van der Waals surface area contributed by atoms with E-state index in [-0.39, 0.29) is 24.0 Å². The molecule has 9 heteroatoms. The van der Waals surface area contributed by atoms with Gasteiger partial charge in [-0.15, -0.1) is 35.7 Å². The molecule has 1 N–H and O–H groups in total. The molecule has 0 saturated carbocycles. The molecule has 0 bridgehead atoms. The third-order valence-corrected chi connectivity index (χ3v) is 6.98. The largest absolute Gasteiger partial charge is 0.352 e. The number of nitrogens with zero attached hydrogens (tertiary/aromatic N) is 3. The third-order valence-electron chi connectivity index (χ3n) is 4.32. The average molecular weight is 549 g/mol. The second kappa shape index (κ2) is 11.8. The highest BCUT2D eigenvalue weighted by Gasteiger charge is 2.20. The molecule has 0 saturated heterocycles. The van der Waals surface area contributed by atoms with E-state index in [9.17, 15) is 8.42 Å². The first-order valence-corrected chi connectivity index (χ1v) is 11.5. The second-order valence-electron chi connectivity index (χ2n) is 6.50. The zero-order chi connectivity index (χ0) is 20.7. The molecule has 160 valence electrons. The fourth-order valence-electron chi connectivity index (χ4n) is 2.74. The van der Waals surface area contributed by atoms with Gasteiger partial charge in [-0.3, -0.25) is 4.99 Å². The maximum Gasteiger partial charge on any atom is 0.242 e. The third kappa shape index (κ3) is 6.87. The lowest BCUT2D eigenvalue weighted by Gasteiger charge is -2.23. The van der Waals surface area contributed by atoms with E-state index >= 15 is 0 Å². The molecule has 0 amide bonds. The first-order valence-electron chi connectivity index (χ1n) is 8.84. The van der Waals surface area contributed by atoms with Crippen molar-refractivity contribution in [1.82, 2.24) is 14.5 Å². The van der Waals surface area contributed by atoms with Crippen molar-refractivity contribution in [3.05, 3.63) is 59.7 Å². The molecule has 0 aliphatic heterocycles. The maximum absolute atomic E-state index is 12.6. The Morgan fingerprint density at radius 3 is 2.24 bits per heavy atom. The van der Waals surface area contributed by atoms with Gasteiger partial charge in [0.25, 0.3) is 0 Å². The van der Waals surface area contributed by atoms with Crippen molar-refractivity contribution in [2.75, 3.05) is 34.4 Å². The SMILES string of the molecule is CN=C(NCc1ccccc1S(=O)(=O)N(C)C)N(C)Cc1ccc(SC)cc1.I. The number of thioether (sulfide) groups is 1. The number of rotatable bonds is 7. The van der Waals surface area contributed by atoms with Crippen molar-refractivity contribution < 1.29 is 8.42 Å². The van der Waals surface area contributed by atoms with Gasteiger partial charge in [-0.25, -0.2) is 12.7 Å². The highest BCUT2D eigenvalue weighted by atomic mass is 127. The molecule has 0 aliphatic rings. The van der Waals surface area contributed by atoms with Crippen LogP contribution in [-0.4, -0.2) is 58.0 Å². The van der Waals surface area contributed by atoms with Crippen LogP contribution in [0.2, 0.25) is 0 Å². The fourth-order valence-corrected chi connectivity index (χ4v) is 4.26. The molecule has 0 spiro atoms. The van der Waals surface area contributed by atoms with Gasteiger partial charge in [0.2, 0.25) is 10.0 Å². The van der Waals surface area contributed by atoms with Gasteiger partial charge in [0.05, 0.1) is 4.90 Å². The molecule has 0 heterocycles. The van der Waals surface area contributed by atoms with Crippen LogP contribution in [0.1, 0.15) is 11.1 Å². The average Bonchev–Trinajstić information content (AvgIpc) is 2.69. The van der Waals surface area contributed by atoms with Gasteiger partial charge in [-0.2, -0.15) is 0 Å². The molecule has 2 aromatic carbocycles. The van der Waals surface area contributed by atoms with Gasteiger partial charge in [0.1, 0.15) is 0 Å². The van der Waals surface area contributed by atoms with Crippen molar-refractivity contribution in [2.24, 2.45) is 4.99 Å². The summed E-state index contributed by atoms with van der Waals surface area (Å²) in [6, 6.07) is 15.4. The van der Waals surface area contributed by atoms with Gasteiger partial charge < -0.3 is 10.2 Å². The molecule has 0 radical (unpaired) electrons. The van der Waals surface area contributed by atoms with Crippen molar-refractivity contribution in [2.45, 2.75) is 22.9 Å². The van der Waals surface area contributed by atoms with Crippen molar-refractivity contribution >= 4 is 51.7 Å². The number of benzene rings is 2. The van der Waals surface area contributed by atoms with Crippen LogP contribution in [0.3, 0.4) is 0 Å². The van der Waals surface area contributed by atoms with E-state index < -0.39 is 10.0 Å². The van der Waals surface area contributed by atoms with E-state index in [0.29, 0.717) is 29.5 Å². The number of nitrogens with one attached hydrogen (secondary N) is 1. The van der Waals surface area contributed by atoms with Crippen LogP contribution < -0.4 is 5.32 Å². The van der Waals surface area contributed by atoms with Gasteiger partial charge in [0, 0.05) is 46.2 Å². The molecule has 2 rings (SSSR count). The van der Waals surface area contributed by atoms with Gasteiger partial charge >= 0.3 is 0 Å². The highest BCUT2D eigenvalue weighted by molar-refractivity contribution is 14.0. The zero-order valence-corrected chi connectivity index (χ0v) is 21.4. The van der Waals surface area contributed by atoms with Crippen LogP contribution in [0.5, 0.6) is 0 Å². The van der Waals surface area contributed by atoms with E-state index in [4.69, 9.17) is 0 Å². The monoisotopic (exact) mass is 548 g/mol. The summed E-state index contributed by atoms with van der Waals surface area (Å²) in [7, 11) is 3.25. The maximum atomic E-state index is 12.6. The van der Waals surface area contributed by atoms with Crippen molar-refractivity contribution in [1.29, 1.82) is 0 Å². The number of halogens is 1. The lowest BCUT2D eigenvalue weighted by atomic mass is 10.2. The Morgan fingerprint density at radius 1 is 1.07 bits per heavy atom. The normalized spacial score (nSPS) is 11.9. The van der Waals surface area contributed by atoms with Gasteiger partial charge in [-0.05, 0) is 35.6 Å². The number of guanidine groups is 1. The van der Waals surface area contributed by atoms with Crippen LogP contribution in [0.15, 0.2) is 63.3 Å². The molecule has 0 unspecified atom stereocenters. The Hall–Kier alpha value is -1.30. The predicted molar refractivity (Wildman–Crippen MR) is 133 cm³/mol. The first kappa shape index (κ1) is 25.7. The van der Waals surface area contributed by atoms with Crippen LogP contribution in [0.4, 0.5) is 0 Å². The second-order valence-corrected chi connectivity index (χ2v) is 9.50. The smallest absolute Gasteiger partial charge is 0.242 e. The molecule has 0 fully saturated rings. The quantitative estimate of drug-likeness (QED) is 0.249. The van der Waals surface area contributed by atoms with E-state index in [0.717, 1.165) is 0 Å². The van der Waals surface area contributed by atoms with Crippen molar-refractivity contribution in [3.63, 3.8) is 0 Å². The van der Waals surface area contributed by atoms with E-state index in [1.54, 1.807) is 30.9 Å². The lowest BCUT2D eigenvalue weighted by Crippen LogP contribution is -2.38. The molecule has 6 nitrogen and oxygen atoms in total. The number of hydrogen-bond acceptors (Lipinski definition) is 4. The minimum atomic E-state index is -3.50. The summed E-state index contributed by atoms with van der Waals surface area (Å²) in [5, 5.41) is 3.27. The molecule has 29 heavy (non-hydrogen) atoms. The summed E-state index contributed by atoms with van der Waals surface area (Å²) in [5.74, 6) is 0.700. The van der Waals surface area contributed by atoms with Crippen LogP contribution >= 0.6 is 35.7 Å². The topological polar surface area (TPSA) is 65.0 Å². The molecular weight excluding hydrogens is 519 g/mol. The number of hydrogen-bond donors (Lipinski definition) is 1. The Bertz CT molecular complexity index is 916. The molecule has 2 aromatic rings. The Kier molecular flexibility index (Phi) is 10.4. The number of sulfonamides is 1. The molecule has 0 aromatic heterocycles. The Balaban J connectivity index is 0.00000420. The van der Waals surface area contributed by atoms with Gasteiger partial charge in [-0.1, -0.05) is 30.3 Å². The predicted octanol–water partition coefficient (Wildman–Crippen LogP) is 3.48. The summed E-state index contributed by atoms with van der Waals surface area (Å²) < 4.78 is 26.3. The van der Waals surface area contributed by atoms with E-state index in [1.165, 1.54) is 28.9 Å². The summed E-state index contributed by atoms with van der Waals surface area (Å²) in [5.41, 5.74) is 1.88. The minimum absolute atomic E-state index is 0. The van der Waals surface area contributed by atoms with Crippen LogP contribution in [-0.2, 0) is 23.1 Å². The van der Waals surface area contributed by atoms with E-state index in [1.807, 2.05) is 24.1 Å². The minimum Gasteiger partial charge on any atom is -0.352 e. The standard InChI is InChI=1S/C20H28N4O2S2.HI/c1-21-20(24(4)15-16-10-12-18(27-5)13-11-16)22-14-17-8-6-7-9-19(17)28(25,26)23(2)3;/h6-13H,14-15H2,1-5H3,(H,21,22);1H. The van der Waals surface area contributed by atoms with Crippen molar-refractivity contribution in [3.8, 4) is 0 Å². The summed E-state index contributed by atoms with van der Waals surface area (Å²) in [6.07, 6.45) is 2.06. The fraction of sp³-hybridized carbons (Fsp3) is 0.350. The lowest BCUT2D eigenvalue weighted by molar-refractivity contribution is 0.475. The van der Waals surface area contributed by atoms with Crippen LogP contribution in [0.25, 0.3) is 0 Å². The summed E-state index contributed by atoms with van der Waals surface area (Å²) >= 11 is 1.72. The van der Waals surface area contributed by atoms with Gasteiger partial charge in [0.15, 0.2) is 5.96 Å². The Labute approximate surface area is 195 Å². The molecule has 0 atom stereocenters. The molecule has 0 aliphatic carbocycles. The van der Waals surface area contributed by atoms with Crippen LogP contribution in [0, 0.1) is 0 Å². The number of aliphatic imine (C=N–C) groups is 1. The first-order chi connectivity index (χ1) is 13.3. The highest BCUT2D eigenvalue weighted by Crippen LogP contribution is 2.19. The summed E-state index contributed by atoms with van der Waals surface area (Å²) in [4.78, 5) is 7.87. The summed E-state index contributed by atoms with van der Waals surface area (Å²) in [6.45, 7) is 1.07. The Morgan fingerprint density at radius 2 is 1.69 bits per heavy atom. The molecular formula is C20H29IN4O2S2.